The number of hydrogen-bond donors (Lipinski definition) is 0. The van der Waals surface area contributed by atoms with Crippen LogP contribution in [-0.2, 0) is 0 Å². The second-order valence-electron chi connectivity index (χ2n) is 9.53. The van der Waals surface area contributed by atoms with Crippen molar-refractivity contribution in [3.8, 4) is 0 Å². The van der Waals surface area contributed by atoms with Crippen LogP contribution in [0.4, 0.5) is 0 Å². The van der Waals surface area contributed by atoms with E-state index in [0.29, 0.717) is 12.1 Å². The highest BCUT2D eigenvalue weighted by Gasteiger charge is 2.43. The van der Waals surface area contributed by atoms with E-state index in [1.54, 1.807) is 0 Å². The van der Waals surface area contributed by atoms with Gasteiger partial charge in [-0.05, 0) is 61.2 Å². The molecule has 2 nitrogen and oxygen atoms in total. The molecule has 0 spiro atoms. The molecule has 3 fully saturated rings. The molecule has 3 rings (SSSR count). The fraction of sp³-hybridized carbons (Fsp3) is 0.952. The molecule has 1 aliphatic heterocycles. The van der Waals surface area contributed by atoms with E-state index in [0.717, 1.165) is 35.5 Å². The third kappa shape index (κ3) is 3.63. The molecular formula is C21H38N2. The van der Waals surface area contributed by atoms with Gasteiger partial charge in [0.05, 0.1) is 0 Å². The first kappa shape index (κ1) is 17.7. The summed E-state index contributed by atoms with van der Waals surface area (Å²) in [7, 11) is 0. The highest BCUT2D eigenvalue weighted by atomic mass is 15.4. The first-order valence-corrected chi connectivity index (χ1v) is 10.2. The van der Waals surface area contributed by atoms with E-state index >= 15 is 0 Å². The molecule has 2 heteroatoms. The van der Waals surface area contributed by atoms with Crippen LogP contribution in [0.5, 0.6) is 0 Å². The minimum absolute atomic E-state index is 0.712. The molecule has 2 aliphatic carbocycles. The van der Waals surface area contributed by atoms with Crippen LogP contribution in [0.15, 0.2) is 0 Å². The van der Waals surface area contributed by atoms with Gasteiger partial charge in [0, 0.05) is 25.2 Å². The van der Waals surface area contributed by atoms with Crippen LogP contribution in [0.3, 0.4) is 0 Å². The number of rotatable bonds is 2. The van der Waals surface area contributed by atoms with Gasteiger partial charge in [0.2, 0.25) is 0 Å². The lowest BCUT2D eigenvalue weighted by molar-refractivity contribution is 0.0513. The summed E-state index contributed by atoms with van der Waals surface area (Å²) in [6.07, 6.45) is 5.56. The maximum atomic E-state index is 3.85. The van der Waals surface area contributed by atoms with Gasteiger partial charge in [0.1, 0.15) is 6.67 Å². The van der Waals surface area contributed by atoms with Crippen molar-refractivity contribution in [1.29, 1.82) is 0 Å². The fourth-order valence-electron chi connectivity index (χ4n) is 6.55. The molecule has 3 aliphatic rings. The third-order valence-corrected chi connectivity index (χ3v) is 6.99. The van der Waals surface area contributed by atoms with Crippen LogP contribution in [0.2, 0.25) is 0 Å². The van der Waals surface area contributed by atoms with E-state index in [4.69, 9.17) is 0 Å². The molecule has 23 heavy (non-hydrogen) atoms. The lowest BCUT2D eigenvalue weighted by atomic mass is 9.73. The number of hydrogen-bond acceptors (Lipinski definition) is 2. The molecule has 0 N–H and O–H groups in total. The van der Waals surface area contributed by atoms with Gasteiger partial charge in [0.15, 0.2) is 0 Å². The Morgan fingerprint density at radius 1 is 0.565 bits per heavy atom. The Morgan fingerprint density at radius 3 is 1.17 bits per heavy atom. The zero-order valence-corrected chi connectivity index (χ0v) is 16.3. The molecule has 2 unspecified atom stereocenters. The maximum Gasteiger partial charge on any atom is 0.147 e. The Balaban J connectivity index is 1.64. The van der Waals surface area contributed by atoms with Gasteiger partial charge < -0.3 is 0 Å². The van der Waals surface area contributed by atoms with Crippen molar-refractivity contribution in [1.82, 2.24) is 9.80 Å². The van der Waals surface area contributed by atoms with Crippen LogP contribution >= 0.6 is 0 Å². The van der Waals surface area contributed by atoms with Crippen molar-refractivity contribution in [2.24, 2.45) is 35.5 Å². The van der Waals surface area contributed by atoms with E-state index in [2.05, 4.69) is 58.0 Å². The van der Waals surface area contributed by atoms with Crippen LogP contribution < -0.4 is 0 Å². The van der Waals surface area contributed by atoms with Gasteiger partial charge in [-0.15, -0.1) is 0 Å². The average Bonchev–Trinajstić information content (AvgIpc) is 2.85. The van der Waals surface area contributed by atoms with Crippen molar-refractivity contribution < 1.29 is 0 Å². The summed E-state index contributed by atoms with van der Waals surface area (Å²) in [6.45, 7) is 21.0. The second-order valence-corrected chi connectivity index (χ2v) is 9.53. The molecule has 0 bridgehead atoms. The minimum atomic E-state index is 0.712. The summed E-state index contributed by atoms with van der Waals surface area (Å²) in [5.74, 6) is 5.03. The van der Waals surface area contributed by atoms with Crippen LogP contribution in [-0.4, -0.2) is 35.0 Å². The lowest BCUT2D eigenvalue weighted by Crippen LogP contribution is -2.48. The highest BCUT2D eigenvalue weighted by molar-refractivity contribution is 4.98. The van der Waals surface area contributed by atoms with Gasteiger partial charge in [-0.2, -0.15) is 0 Å². The largest absolute Gasteiger partial charge is 0.275 e. The predicted octanol–water partition coefficient (Wildman–Crippen LogP) is 4.74. The summed E-state index contributed by atoms with van der Waals surface area (Å²) in [5, 5.41) is 0. The maximum absolute atomic E-state index is 3.85. The summed E-state index contributed by atoms with van der Waals surface area (Å²) in [6, 6.07) is 1.42. The standard InChI is InChI=1S/C21H38N2/c1-14-9-16(3)20(17(4)10-14)22-7-8-23(13-22)21-18(5)11-15(2)12-19(21)6/h14-21H,7-12H2,1-6H3/t14?,15?,16-,17-,18-,19+,20?,21?/m0/s1. The van der Waals surface area contributed by atoms with E-state index in [1.807, 2.05) is 0 Å². The highest BCUT2D eigenvalue weighted by Crippen LogP contribution is 2.41. The zero-order chi connectivity index (χ0) is 16.7. The molecule has 1 heterocycles. The van der Waals surface area contributed by atoms with Crippen molar-refractivity contribution in [3.05, 3.63) is 6.67 Å². The predicted molar refractivity (Wildman–Crippen MR) is 97.7 cm³/mol. The molecule has 0 aromatic heterocycles. The summed E-state index contributed by atoms with van der Waals surface area (Å²) in [4.78, 5) is 5.19. The summed E-state index contributed by atoms with van der Waals surface area (Å²) in [5.41, 5.74) is 0. The Hall–Kier alpha value is -0.0800. The minimum Gasteiger partial charge on any atom is -0.275 e. The van der Waals surface area contributed by atoms with Gasteiger partial charge in [0.25, 0.3) is 0 Å². The Morgan fingerprint density at radius 2 is 0.870 bits per heavy atom. The smallest absolute Gasteiger partial charge is 0.147 e. The van der Waals surface area contributed by atoms with Gasteiger partial charge in [-0.25, -0.2) is 0 Å². The topological polar surface area (TPSA) is 6.48 Å². The van der Waals surface area contributed by atoms with E-state index in [9.17, 15) is 0 Å². The van der Waals surface area contributed by atoms with Gasteiger partial charge in [-0.1, -0.05) is 41.5 Å². The molecule has 2 radical (unpaired) electrons. The van der Waals surface area contributed by atoms with Crippen molar-refractivity contribution >= 4 is 0 Å². The van der Waals surface area contributed by atoms with Crippen LogP contribution in [0, 0.1) is 42.2 Å². The normalized spacial score (nSPS) is 50.3. The fourth-order valence-corrected chi connectivity index (χ4v) is 6.55. The Labute approximate surface area is 145 Å². The van der Waals surface area contributed by atoms with Gasteiger partial charge >= 0.3 is 0 Å². The van der Waals surface area contributed by atoms with Crippen molar-refractivity contribution in [2.45, 2.75) is 79.3 Å². The lowest BCUT2D eigenvalue weighted by Gasteiger charge is -2.44. The quantitative estimate of drug-likeness (QED) is 0.725. The summed E-state index contributed by atoms with van der Waals surface area (Å²) >= 11 is 0. The SMILES string of the molecule is CC1C[C@@H](C)C(N2[C]N(C3[C@@H](C)CC(C)C[C@@H]3C)CC2)[C@@H](C)C1. The van der Waals surface area contributed by atoms with Gasteiger partial charge in [-0.3, -0.25) is 9.80 Å². The van der Waals surface area contributed by atoms with E-state index in [1.165, 1.54) is 38.8 Å². The molecular weight excluding hydrogens is 280 g/mol. The zero-order valence-electron chi connectivity index (χ0n) is 16.3. The van der Waals surface area contributed by atoms with Crippen molar-refractivity contribution in [3.63, 3.8) is 0 Å². The van der Waals surface area contributed by atoms with E-state index in [-0.39, 0.29) is 0 Å². The second kappa shape index (κ2) is 7.04. The monoisotopic (exact) mass is 318 g/mol. The Bertz CT molecular complexity index is 335. The molecule has 1 saturated heterocycles. The average molecular weight is 319 g/mol. The molecule has 0 amide bonds. The number of nitrogens with zero attached hydrogens (tertiary/aromatic N) is 2. The molecule has 2 saturated carbocycles. The van der Waals surface area contributed by atoms with Crippen molar-refractivity contribution in [2.75, 3.05) is 13.1 Å². The first-order valence-electron chi connectivity index (χ1n) is 10.2. The van der Waals surface area contributed by atoms with E-state index < -0.39 is 0 Å². The van der Waals surface area contributed by atoms with Crippen LogP contribution in [0.25, 0.3) is 0 Å². The third-order valence-electron chi connectivity index (χ3n) is 6.99. The first-order chi connectivity index (χ1) is 10.9. The molecule has 0 aromatic rings. The molecule has 6 atom stereocenters. The molecule has 0 aromatic carbocycles. The molecule has 132 valence electrons. The summed E-state index contributed by atoms with van der Waals surface area (Å²) < 4.78 is 0. The Kier molecular flexibility index (Phi) is 5.43. The van der Waals surface area contributed by atoms with Crippen LogP contribution in [0.1, 0.15) is 67.2 Å².